The van der Waals surface area contributed by atoms with Gasteiger partial charge in [0.2, 0.25) is 11.1 Å². The molecule has 3 aromatic rings. The molecule has 1 aromatic heterocycles. The van der Waals surface area contributed by atoms with Crippen molar-refractivity contribution in [1.29, 1.82) is 0 Å². The number of carbonyl (C=O) groups excluding carboxylic acids is 2. The molecule has 188 valence electrons. The van der Waals surface area contributed by atoms with Gasteiger partial charge in [0.05, 0.1) is 23.4 Å². The highest BCUT2D eigenvalue weighted by Gasteiger charge is 2.47. The van der Waals surface area contributed by atoms with Crippen LogP contribution in [0.25, 0.3) is 11.3 Å². The number of halogens is 1. The van der Waals surface area contributed by atoms with Crippen molar-refractivity contribution in [2.45, 2.75) is 44.9 Å². The van der Waals surface area contributed by atoms with Gasteiger partial charge in [-0.2, -0.15) is 0 Å². The summed E-state index contributed by atoms with van der Waals surface area (Å²) in [5.41, 5.74) is 1.53. The number of nitrogens with zero attached hydrogens (tertiary/aromatic N) is 3. The number of para-hydroxylation sites is 1. The van der Waals surface area contributed by atoms with Crippen LogP contribution in [0.1, 0.15) is 45.3 Å². The Morgan fingerprint density at radius 1 is 1.19 bits per heavy atom. The van der Waals surface area contributed by atoms with Crippen molar-refractivity contribution in [3.05, 3.63) is 56.8 Å². The summed E-state index contributed by atoms with van der Waals surface area (Å²) in [6.07, 6.45) is 1.22. The number of H-pyrrole nitrogens is 1. The molecule has 0 saturated carbocycles. The molecule has 0 aliphatic carbocycles. The summed E-state index contributed by atoms with van der Waals surface area (Å²) < 4.78 is 13.8. The number of aromatic amines is 1. The maximum absolute atomic E-state index is 13.5. The van der Waals surface area contributed by atoms with E-state index in [1.807, 2.05) is 13.0 Å². The standard InChI is InChI=1S/C25H25BrN4O5S/c1-5-19(31)29-17-11-9-8-10-15(17)21-23(33)27-25(36-4)28-30(21)24(29)16-12-14(26)13-18(34-7-3)22(16)35-20(32)6-2/h8-13,24H,5-7H2,1-4H3/p+1. The normalized spacial score (nSPS) is 14.1. The van der Waals surface area contributed by atoms with E-state index in [-0.39, 0.29) is 30.1 Å². The van der Waals surface area contributed by atoms with Gasteiger partial charge in [0, 0.05) is 22.4 Å². The fourth-order valence-corrected chi connectivity index (χ4v) is 4.94. The Morgan fingerprint density at radius 3 is 2.61 bits per heavy atom. The maximum atomic E-state index is 13.5. The van der Waals surface area contributed by atoms with Crippen molar-refractivity contribution < 1.29 is 23.7 Å². The van der Waals surface area contributed by atoms with Gasteiger partial charge in [-0.05, 0) is 42.1 Å². The summed E-state index contributed by atoms with van der Waals surface area (Å²) in [7, 11) is 0. The molecule has 11 heteroatoms. The fourth-order valence-electron chi connectivity index (χ4n) is 4.12. The van der Waals surface area contributed by atoms with Gasteiger partial charge in [0.25, 0.3) is 6.17 Å². The van der Waals surface area contributed by atoms with Gasteiger partial charge in [0.15, 0.2) is 11.5 Å². The smallest absolute Gasteiger partial charge is 0.325 e. The number of aromatic nitrogens is 3. The highest BCUT2D eigenvalue weighted by Crippen LogP contribution is 2.44. The molecule has 2 heterocycles. The van der Waals surface area contributed by atoms with Gasteiger partial charge < -0.3 is 9.47 Å². The van der Waals surface area contributed by atoms with Crippen LogP contribution in [-0.2, 0) is 9.59 Å². The summed E-state index contributed by atoms with van der Waals surface area (Å²) >= 11 is 4.80. The maximum Gasteiger partial charge on any atom is 0.325 e. The van der Waals surface area contributed by atoms with Crippen LogP contribution in [0.3, 0.4) is 0 Å². The van der Waals surface area contributed by atoms with Crippen LogP contribution >= 0.6 is 27.7 Å². The zero-order chi connectivity index (χ0) is 26.0. The molecule has 1 unspecified atom stereocenters. The van der Waals surface area contributed by atoms with Crippen molar-refractivity contribution in [3.8, 4) is 22.8 Å². The van der Waals surface area contributed by atoms with Crippen molar-refractivity contribution >= 4 is 45.3 Å². The quantitative estimate of drug-likeness (QED) is 0.195. The van der Waals surface area contributed by atoms with E-state index in [4.69, 9.17) is 14.6 Å². The molecule has 1 amide bonds. The number of anilines is 1. The van der Waals surface area contributed by atoms with Crippen molar-refractivity contribution in [2.24, 2.45) is 0 Å². The zero-order valence-corrected chi connectivity index (χ0v) is 22.7. The van der Waals surface area contributed by atoms with E-state index in [0.717, 1.165) is 0 Å². The zero-order valence-electron chi connectivity index (χ0n) is 20.3. The molecule has 1 aliphatic heterocycles. The largest absolute Gasteiger partial charge is 0.490 e. The summed E-state index contributed by atoms with van der Waals surface area (Å²) in [6.45, 7) is 5.62. The SMILES string of the molecule is CCOc1cc(Br)cc(C2N(C(=O)CC)c3ccccc3-c3c(=O)[nH]c(SC)n[n+]32)c1OC(=O)CC. The van der Waals surface area contributed by atoms with Crippen LogP contribution in [0.15, 0.2) is 50.8 Å². The molecule has 1 atom stereocenters. The first-order chi connectivity index (χ1) is 17.3. The lowest BCUT2D eigenvalue weighted by Gasteiger charge is -2.32. The summed E-state index contributed by atoms with van der Waals surface area (Å²) in [5, 5.41) is 5.07. The number of nitrogens with one attached hydrogen (secondary N) is 1. The number of hydrogen-bond acceptors (Lipinski definition) is 7. The van der Waals surface area contributed by atoms with Gasteiger partial charge in [-0.25, -0.2) is 4.90 Å². The Labute approximate surface area is 220 Å². The van der Waals surface area contributed by atoms with E-state index in [1.54, 1.807) is 55.3 Å². The van der Waals surface area contributed by atoms with Crippen molar-refractivity contribution in [3.63, 3.8) is 0 Å². The molecule has 0 saturated heterocycles. The molecular formula is C25H26BrN4O5S+. The van der Waals surface area contributed by atoms with E-state index in [1.165, 1.54) is 16.4 Å². The predicted molar refractivity (Wildman–Crippen MR) is 139 cm³/mol. The Morgan fingerprint density at radius 2 is 1.94 bits per heavy atom. The molecule has 0 radical (unpaired) electrons. The summed E-state index contributed by atoms with van der Waals surface area (Å²) in [5.74, 6) is -0.137. The Kier molecular flexibility index (Phi) is 7.79. The minimum atomic E-state index is -0.924. The van der Waals surface area contributed by atoms with E-state index in [0.29, 0.717) is 44.5 Å². The second-order valence-electron chi connectivity index (χ2n) is 7.85. The topological polar surface area (TPSA) is 105 Å². The van der Waals surface area contributed by atoms with Gasteiger partial charge in [0.1, 0.15) is 0 Å². The Hall–Kier alpha value is -3.18. The van der Waals surface area contributed by atoms with Crippen LogP contribution in [0, 0.1) is 0 Å². The van der Waals surface area contributed by atoms with E-state index in [9.17, 15) is 14.4 Å². The number of carbonyl (C=O) groups is 2. The lowest BCUT2D eigenvalue weighted by atomic mass is 10.00. The highest BCUT2D eigenvalue weighted by atomic mass is 79.9. The number of fused-ring (bicyclic) bond motifs is 3. The first-order valence-corrected chi connectivity index (χ1v) is 13.5. The fraction of sp³-hybridized carbons (Fsp3) is 0.320. The summed E-state index contributed by atoms with van der Waals surface area (Å²) in [4.78, 5) is 43.7. The van der Waals surface area contributed by atoms with Gasteiger partial charge in [-0.15, -0.1) is 0 Å². The molecule has 36 heavy (non-hydrogen) atoms. The van der Waals surface area contributed by atoms with Gasteiger partial charge >= 0.3 is 17.2 Å². The van der Waals surface area contributed by atoms with Crippen molar-refractivity contribution in [1.82, 2.24) is 10.1 Å². The molecular weight excluding hydrogens is 548 g/mol. The highest BCUT2D eigenvalue weighted by molar-refractivity contribution is 9.10. The number of ether oxygens (including phenoxy) is 2. The molecule has 0 spiro atoms. The number of thioether (sulfide) groups is 1. The number of esters is 1. The van der Waals surface area contributed by atoms with E-state index < -0.39 is 12.1 Å². The monoisotopic (exact) mass is 573 g/mol. The van der Waals surface area contributed by atoms with Crippen LogP contribution < -0.4 is 24.6 Å². The number of benzene rings is 2. The van der Waals surface area contributed by atoms with Gasteiger partial charge in [-0.3, -0.25) is 19.4 Å². The molecule has 1 N–H and O–H groups in total. The minimum absolute atomic E-state index is 0.143. The molecule has 0 fully saturated rings. The van der Waals surface area contributed by atoms with Crippen LogP contribution in [0.2, 0.25) is 0 Å². The molecule has 2 aromatic carbocycles. The summed E-state index contributed by atoms with van der Waals surface area (Å²) in [6, 6.07) is 10.7. The lowest BCUT2D eigenvalue weighted by molar-refractivity contribution is -0.763. The average Bonchev–Trinajstić information content (AvgIpc) is 2.88. The van der Waals surface area contributed by atoms with Gasteiger partial charge in [-0.1, -0.05) is 53.7 Å². The number of rotatable bonds is 7. The molecule has 4 rings (SSSR count). The third kappa shape index (κ3) is 4.64. The number of amides is 1. The van der Waals surface area contributed by atoms with Crippen LogP contribution in [0.4, 0.5) is 5.69 Å². The Balaban J connectivity index is 2.13. The van der Waals surface area contributed by atoms with E-state index in [2.05, 4.69) is 20.9 Å². The predicted octanol–water partition coefficient (Wildman–Crippen LogP) is 4.23. The van der Waals surface area contributed by atoms with Crippen LogP contribution in [-0.4, -0.2) is 34.8 Å². The van der Waals surface area contributed by atoms with Crippen molar-refractivity contribution in [2.75, 3.05) is 17.8 Å². The third-order valence-electron chi connectivity index (χ3n) is 5.65. The van der Waals surface area contributed by atoms with Crippen LogP contribution in [0.5, 0.6) is 11.5 Å². The first kappa shape index (κ1) is 25.9. The number of hydrogen-bond donors (Lipinski definition) is 1. The first-order valence-electron chi connectivity index (χ1n) is 11.5. The third-order valence-corrected chi connectivity index (χ3v) is 6.68. The second kappa shape index (κ2) is 10.8. The lowest BCUT2D eigenvalue weighted by Crippen LogP contribution is -2.61. The Bertz CT molecular complexity index is 1390. The molecule has 9 nitrogen and oxygen atoms in total. The average molecular weight is 574 g/mol. The molecule has 1 aliphatic rings. The second-order valence-corrected chi connectivity index (χ2v) is 9.56. The minimum Gasteiger partial charge on any atom is -0.490 e. The van der Waals surface area contributed by atoms with E-state index >= 15 is 0 Å². The molecule has 0 bridgehead atoms.